The second-order valence-electron chi connectivity index (χ2n) is 5.11. The fourth-order valence-corrected chi connectivity index (χ4v) is 2.06. The van der Waals surface area contributed by atoms with E-state index in [0.717, 1.165) is 23.9 Å². The maximum Gasteiger partial charge on any atom is 0.121 e. The molecule has 1 aromatic rings. The Morgan fingerprint density at radius 3 is 2.71 bits per heavy atom. The molecule has 1 atom stereocenters. The number of rotatable bonds is 3. The number of aryl methyl sites for hydroxylation is 2. The zero-order chi connectivity index (χ0) is 10.3. The van der Waals surface area contributed by atoms with Crippen LogP contribution in [0.3, 0.4) is 0 Å². The van der Waals surface area contributed by atoms with Gasteiger partial charge in [0.1, 0.15) is 5.82 Å². The lowest BCUT2D eigenvalue weighted by Gasteiger charge is -2.00. The first-order chi connectivity index (χ1) is 6.49. The quantitative estimate of drug-likeness (QED) is 0.797. The van der Waals surface area contributed by atoms with Crippen LogP contribution in [-0.4, -0.2) is 9.78 Å². The molecular formula is C11H19N3. The Hall–Kier alpha value is -0.990. The molecule has 1 aliphatic rings. The van der Waals surface area contributed by atoms with E-state index in [0.29, 0.717) is 5.41 Å². The molecule has 1 unspecified atom stereocenters. The first-order valence-corrected chi connectivity index (χ1v) is 5.27. The normalized spacial score (nSPS) is 23.8. The Kier molecular flexibility index (Phi) is 2.05. The van der Waals surface area contributed by atoms with Gasteiger partial charge in [-0.1, -0.05) is 13.8 Å². The Labute approximate surface area is 85.3 Å². The summed E-state index contributed by atoms with van der Waals surface area (Å²) >= 11 is 0. The van der Waals surface area contributed by atoms with Crippen LogP contribution in [0.2, 0.25) is 0 Å². The van der Waals surface area contributed by atoms with Gasteiger partial charge in [-0.3, -0.25) is 4.68 Å². The van der Waals surface area contributed by atoms with Crippen LogP contribution in [0.15, 0.2) is 6.07 Å². The number of anilines is 1. The van der Waals surface area contributed by atoms with Crippen LogP contribution in [0, 0.1) is 11.3 Å². The van der Waals surface area contributed by atoms with Crippen molar-refractivity contribution in [3.63, 3.8) is 0 Å². The zero-order valence-electron chi connectivity index (χ0n) is 9.25. The van der Waals surface area contributed by atoms with Gasteiger partial charge in [0, 0.05) is 13.1 Å². The third kappa shape index (κ3) is 1.76. The molecule has 1 aliphatic carbocycles. The number of nitrogens with two attached hydrogens (primary N) is 1. The minimum atomic E-state index is 0.584. The lowest BCUT2D eigenvalue weighted by molar-refractivity contribution is 0.529. The van der Waals surface area contributed by atoms with Crippen LogP contribution in [0.25, 0.3) is 0 Å². The van der Waals surface area contributed by atoms with E-state index >= 15 is 0 Å². The van der Waals surface area contributed by atoms with Gasteiger partial charge in [0.15, 0.2) is 0 Å². The Morgan fingerprint density at radius 1 is 1.64 bits per heavy atom. The third-order valence-electron chi connectivity index (χ3n) is 3.43. The molecule has 2 rings (SSSR count). The van der Waals surface area contributed by atoms with Crippen molar-refractivity contribution in [2.75, 3.05) is 5.73 Å². The molecule has 1 fully saturated rings. The lowest BCUT2D eigenvalue weighted by Crippen LogP contribution is -1.98. The van der Waals surface area contributed by atoms with Gasteiger partial charge in [-0.25, -0.2) is 0 Å². The number of nitrogen functional groups attached to an aromatic ring is 1. The lowest BCUT2D eigenvalue weighted by atomic mass is 10.1. The van der Waals surface area contributed by atoms with Gasteiger partial charge in [-0.05, 0) is 30.6 Å². The monoisotopic (exact) mass is 193 g/mol. The number of hydrogen-bond acceptors (Lipinski definition) is 2. The van der Waals surface area contributed by atoms with Gasteiger partial charge in [-0.15, -0.1) is 0 Å². The highest BCUT2D eigenvalue weighted by molar-refractivity contribution is 5.30. The van der Waals surface area contributed by atoms with Gasteiger partial charge in [0.05, 0.1) is 5.69 Å². The summed E-state index contributed by atoms with van der Waals surface area (Å²) in [6.07, 6.45) is 3.69. The van der Waals surface area contributed by atoms with Crippen molar-refractivity contribution < 1.29 is 0 Å². The Morgan fingerprint density at radius 2 is 2.29 bits per heavy atom. The number of nitrogens with zero attached hydrogens (tertiary/aromatic N) is 2. The molecule has 0 aliphatic heterocycles. The highest BCUT2D eigenvalue weighted by Gasteiger charge is 2.44. The fourth-order valence-electron chi connectivity index (χ4n) is 2.06. The molecule has 3 heteroatoms. The minimum Gasteiger partial charge on any atom is -0.384 e. The zero-order valence-corrected chi connectivity index (χ0v) is 9.25. The molecule has 1 heterocycles. The van der Waals surface area contributed by atoms with Crippen LogP contribution in [0.4, 0.5) is 5.82 Å². The first-order valence-electron chi connectivity index (χ1n) is 5.27. The van der Waals surface area contributed by atoms with E-state index in [1.807, 2.05) is 13.1 Å². The van der Waals surface area contributed by atoms with Crippen LogP contribution >= 0.6 is 0 Å². The van der Waals surface area contributed by atoms with Crippen LogP contribution in [0.5, 0.6) is 0 Å². The van der Waals surface area contributed by atoms with E-state index in [1.165, 1.54) is 12.8 Å². The molecule has 2 N–H and O–H groups in total. The smallest absolute Gasteiger partial charge is 0.121 e. The van der Waals surface area contributed by atoms with Crippen LogP contribution in [0.1, 0.15) is 32.4 Å². The molecule has 3 nitrogen and oxygen atoms in total. The van der Waals surface area contributed by atoms with Crippen molar-refractivity contribution >= 4 is 5.82 Å². The van der Waals surface area contributed by atoms with E-state index < -0.39 is 0 Å². The summed E-state index contributed by atoms with van der Waals surface area (Å²) in [5.74, 6) is 1.65. The average Bonchev–Trinajstić information content (AvgIpc) is 2.56. The van der Waals surface area contributed by atoms with Gasteiger partial charge >= 0.3 is 0 Å². The molecule has 14 heavy (non-hydrogen) atoms. The predicted octanol–water partition coefficient (Wildman–Crippen LogP) is 1.98. The van der Waals surface area contributed by atoms with E-state index in [4.69, 9.17) is 5.73 Å². The highest BCUT2D eigenvalue weighted by atomic mass is 15.3. The van der Waals surface area contributed by atoms with Gasteiger partial charge in [0.25, 0.3) is 0 Å². The molecule has 1 aromatic heterocycles. The Balaban J connectivity index is 1.87. The second-order valence-corrected chi connectivity index (χ2v) is 5.11. The van der Waals surface area contributed by atoms with Gasteiger partial charge in [-0.2, -0.15) is 5.10 Å². The molecule has 0 radical (unpaired) electrons. The Bertz CT molecular complexity index is 319. The maximum absolute atomic E-state index is 5.72. The molecule has 1 saturated carbocycles. The minimum absolute atomic E-state index is 0.584. The van der Waals surface area contributed by atoms with Gasteiger partial charge in [0.2, 0.25) is 0 Å². The topological polar surface area (TPSA) is 43.8 Å². The largest absolute Gasteiger partial charge is 0.384 e. The third-order valence-corrected chi connectivity index (χ3v) is 3.43. The summed E-state index contributed by atoms with van der Waals surface area (Å²) in [6, 6.07) is 1.98. The summed E-state index contributed by atoms with van der Waals surface area (Å²) in [7, 11) is 1.89. The van der Waals surface area contributed by atoms with Crippen LogP contribution < -0.4 is 5.73 Å². The van der Waals surface area contributed by atoms with Crippen molar-refractivity contribution in [2.45, 2.75) is 33.1 Å². The first kappa shape index (κ1) is 9.56. The van der Waals surface area contributed by atoms with Crippen molar-refractivity contribution in [1.82, 2.24) is 9.78 Å². The van der Waals surface area contributed by atoms with Gasteiger partial charge < -0.3 is 5.73 Å². The summed E-state index contributed by atoms with van der Waals surface area (Å²) in [5, 5.41) is 4.35. The van der Waals surface area contributed by atoms with Crippen LogP contribution in [-0.2, 0) is 13.5 Å². The fraction of sp³-hybridized carbons (Fsp3) is 0.727. The summed E-state index contributed by atoms with van der Waals surface area (Å²) in [4.78, 5) is 0. The average molecular weight is 193 g/mol. The van der Waals surface area contributed by atoms with E-state index in [1.54, 1.807) is 4.68 Å². The highest BCUT2D eigenvalue weighted by Crippen LogP contribution is 2.53. The summed E-state index contributed by atoms with van der Waals surface area (Å²) in [5.41, 5.74) is 7.43. The number of hydrogen-bond donors (Lipinski definition) is 1. The molecular weight excluding hydrogens is 174 g/mol. The molecule has 0 bridgehead atoms. The molecule has 0 saturated heterocycles. The molecule has 0 aromatic carbocycles. The van der Waals surface area contributed by atoms with Crippen molar-refractivity contribution in [1.29, 1.82) is 0 Å². The second kappa shape index (κ2) is 3.01. The molecule has 78 valence electrons. The van der Waals surface area contributed by atoms with E-state index in [2.05, 4.69) is 18.9 Å². The molecule has 0 spiro atoms. The SMILES string of the molecule is Cn1nc(CCC2CC2(C)C)cc1N. The van der Waals surface area contributed by atoms with Crippen molar-refractivity contribution in [2.24, 2.45) is 18.4 Å². The van der Waals surface area contributed by atoms with E-state index in [9.17, 15) is 0 Å². The standard InChI is InChI=1S/C11H19N3/c1-11(2)7-8(11)4-5-9-6-10(12)14(3)13-9/h6,8H,4-5,7,12H2,1-3H3. The predicted molar refractivity (Wildman–Crippen MR) is 57.8 cm³/mol. The number of aromatic nitrogens is 2. The van der Waals surface area contributed by atoms with Crippen molar-refractivity contribution in [3.05, 3.63) is 11.8 Å². The van der Waals surface area contributed by atoms with E-state index in [-0.39, 0.29) is 0 Å². The summed E-state index contributed by atoms with van der Waals surface area (Å²) < 4.78 is 1.74. The molecule has 0 amide bonds. The maximum atomic E-state index is 5.72. The van der Waals surface area contributed by atoms with Crippen molar-refractivity contribution in [3.8, 4) is 0 Å². The summed E-state index contributed by atoms with van der Waals surface area (Å²) in [6.45, 7) is 4.68.